The van der Waals surface area contributed by atoms with E-state index in [1.54, 1.807) is 18.5 Å². The van der Waals surface area contributed by atoms with Gasteiger partial charge in [0.1, 0.15) is 0 Å². The first kappa shape index (κ1) is 13.4. The summed E-state index contributed by atoms with van der Waals surface area (Å²) in [6.45, 7) is 2.38. The summed E-state index contributed by atoms with van der Waals surface area (Å²) in [5.74, 6) is 0. The molecule has 0 spiro atoms. The largest absolute Gasteiger partial charge is 0.378 e. The highest BCUT2D eigenvalue weighted by atomic mass is 79.9. The highest BCUT2D eigenvalue weighted by Gasteiger charge is 2.08. The molecular weight excluding hydrogens is 312 g/mol. The number of anilines is 1. The number of non-ortho nitro benzene ring substituents is 1. The third-order valence-electron chi connectivity index (χ3n) is 2.46. The molecule has 0 aliphatic carbocycles. The Balaban J connectivity index is 2.07. The lowest BCUT2D eigenvalue weighted by Gasteiger charge is -2.07. The van der Waals surface area contributed by atoms with E-state index in [-0.39, 0.29) is 5.69 Å². The molecule has 98 valence electrons. The van der Waals surface area contributed by atoms with Crippen molar-refractivity contribution >= 4 is 27.3 Å². The summed E-state index contributed by atoms with van der Waals surface area (Å²) in [5.41, 5.74) is 2.48. The van der Waals surface area contributed by atoms with E-state index in [9.17, 15) is 10.1 Å². The molecule has 0 fully saturated rings. The third-order valence-corrected chi connectivity index (χ3v) is 3.11. The number of aromatic nitrogens is 2. The van der Waals surface area contributed by atoms with E-state index < -0.39 is 4.92 Å². The molecule has 1 aromatic carbocycles. The molecule has 7 heteroatoms. The van der Waals surface area contributed by atoms with Gasteiger partial charge in [0.25, 0.3) is 5.69 Å². The van der Waals surface area contributed by atoms with E-state index in [2.05, 4.69) is 31.2 Å². The number of hydrogen-bond donors (Lipinski definition) is 1. The van der Waals surface area contributed by atoms with Crippen LogP contribution in [-0.4, -0.2) is 14.9 Å². The lowest BCUT2D eigenvalue weighted by Crippen LogP contribution is -2.03. The van der Waals surface area contributed by atoms with Crippen molar-refractivity contribution < 1.29 is 4.92 Å². The zero-order valence-corrected chi connectivity index (χ0v) is 11.7. The highest BCUT2D eigenvalue weighted by molar-refractivity contribution is 9.10. The fourth-order valence-electron chi connectivity index (χ4n) is 1.46. The van der Waals surface area contributed by atoms with Crippen molar-refractivity contribution in [2.45, 2.75) is 13.5 Å². The Hall–Kier alpha value is -2.02. The second kappa shape index (κ2) is 5.75. The van der Waals surface area contributed by atoms with Crippen LogP contribution in [0.15, 0.2) is 35.1 Å². The molecule has 0 saturated heterocycles. The maximum Gasteiger partial charge on any atom is 0.270 e. The molecule has 0 amide bonds. The summed E-state index contributed by atoms with van der Waals surface area (Å²) < 4.78 is 0.641. The molecule has 0 aliphatic rings. The van der Waals surface area contributed by atoms with Crippen molar-refractivity contribution in [3.8, 4) is 0 Å². The van der Waals surface area contributed by atoms with Crippen LogP contribution in [-0.2, 0) is 6.54 Å². The SMILES string of the molecule is Cc1cnc(CNc2ccc([N+](=O)[O-])cc2Br)cn1. The Morgan fingerprint density at radius 2 is 2.16 bits per heavy atom. The molecule has 0 aliphatic heterocycles. The number of nitro groups is 1. The topological polar surface area (TPSA) is 81.0 Å². The van der Waals surface area contributed by atoms with Gasteiger partial charge in [0.05, 0.1) is 29.1 Å². The summed E-state index contributed by atoms with van der Waals surface area (Å²) in [6, 6.07) is 4.57. The average molecular weight is 323 g/mol. The molecule has 0 radical (unpaired) electrons. The van der Waals surface area contributed by atoms with Crippen LogP contribution >= 0.6 is 15.9 Å². The first-order valence-electron chi connectivity index (χ1n) is 5.51. The molecule has 0 unspecified atom stereocenters. The maximum absolute atomic E-state index is 10.6. The van der Waals surface area contributed by atoms with Gasteiger partial charge < -0.3 is 5.32 Å². The number of hydrogen-bond acceptors (Lipinski definition) is 5. The van der Waals surface area contributed by atoms with Crippen LogP contribution < -0.4 is 5.32 Å². The van der Waals surface area contributed by atoms with Gasteiger partial charge in [-0.2, -0.15) is 0 Å². The lowest BCUT2D eigenvalue weighted by atomic mass is 10.3. The van der Waals surface area contributed by atoms with Gasteiger partial charge in [-0.15, -0.1) is 0 Å². The van der Waals surface area contributed by atoms with Crippen molar-refractivity contribution in [3.63, 3.8) is 0 Å². The lowest BCUT2D eigenvalue weighted by molar-refractivity contribution is -0.384. The van der Waals surface area contributed by atoms with Crippen LogP contribution in [0.25, 0.3) is 0 Å². The Kier molecular flexibility index (Phi) is 4.06. The van der Waals surface area contributed by atoms with Crippen molar-refractivity contribution in [1.82, 2.24) is 9.97 Å². The van der Waals surface area contributed by atoms with Gasteiger partial charge in [-0.25, -0.2) is 0 Å². The summed E-state index contributed by atoms with van der Waals surface area (Å²) in [4.78, 5) is 18.6. The zero-order chi connectivity index (χ0) is 13.8. The molecule has 1 heterocycles. The van der Waals surface area contributed by atoms with Gasteiger partial charge >= 0.3 is 0 Å². The van der Waals surface area contributed by atoms with E-state index in [0.29, 0.717) is 11.0 Å². The van der Waals surface area contributed by atoms with Gasteiger partial charge in [0.2, 0.25) is 0 Å². The number of nitrogens with zero attached hydrogens (tertiary/aromatic N) is 3. The standard InChI is InChI=1S/C12H11BrN4O2/c1-8-5-15-9(6-14-8)7-16-12-3-2-10(17(18)19)4-11(12)13/h2-6,16H,7H2,1H3. The van der Waals surface area contributed by atoms with Gasteiger partial charge in [0.15, 0.2) is 0 Å². The number of rotatable bonds is 4. The predicted octanol–water partition coefficient (Wildman–Crippen LogP) is 3.07. The highest BCUT2D eigenvalue weighted by Crippen LogP contribution is 2.27. The molecule has 2 aromatic rings. The van der Waals surface area contributed by atoms with E-state index in [4.69, 9.17) is 0 Å². The molecule has 19 heavy (non-hydrogen) atoms. The number of halogens is 1. The predicted molar refractivity (Wildman–Crippen MR) is 74.9 cm³/mol. The first-order valence-corrected chi connectivity index (χ1v) is 6.31. The minimum atomic E-state index is -0.431. The van der Waals surface area contributed by atoms with Crippen LogP contribution in [0.2, 0.25) is 0 Å². The Morgan fingerprint density at radius 3 is 2.74 bits per heavy atom. The van der Waals surface area contributed by atoms with Crippen molar-refractivity contribution in [3.05, 3.63) is 56.6 Å². The quantitative estimate of drug-likeness (QED) is 0.691. The van der Waals surface area contributed by atoms with Crippen molar-refractivity contribution in [1.29, 1.82) is 0 Å². The minimum Gasteiger partial charge on any atom is -0.378 e. The fraction of sp³-hybridized carbons (Fsp3) is 0.167. The van der Waals surface area contributed by atoms with Crippen molar-refractivity contribution in [2.75, 3.05) is 5.32 Å². The molecule has 6 nitrogen and oxygen atoms in total. The maximum atomic E-state index is 10.6. The fourth-order valence-corrected chi connectivity index (χ4v) is 1.96. The molecule has 1 aromatic heterocycles. The third kappa shape index (κ3) is 3.47. The Morgan fingerprint density at radius 1 is 1.37 bits per heavy atom. The van der Waals surface area contributed by atoms with Crippen LogP contribution in [0.1, 0.15) is 11.4 Å². The number of benzene rings is 1. The number of nitrogens with one attached hydrogen (secondary N) is 1. The van der Waals surface area contributed by atoms with E-state index >= 15 is 0 Å². The summed E-state index contributed by atoms with van der Waals surface area (Å²) in [7, 11) is 0. The van der Waals surface area contributed by atoms with Crippen LogP contribution in [0.3, 0.4) is 0 Å². The normalized spacial score (nSPS) is 10.2. The van der Waals surface area contributed by atoms with Gasteiger partial charge in [-0.1, -0.05) is 0 Å². The van der Waals surface area contributed by atoms with E-state index in [1.165, 1.54) is 12.1 Å². The summed E-state index contributed by atoms with van der Waals surface area (Å²) >= 11 is 3.30. The Bertz CT molecular complexity index is 601. The molecule has 2 rings (SSSR count). The van der Waals surface area contributed by atoms with Crippen LogP contribution in [0.4, 0.5) is 11.4 Å². The summed E-state index contributed by atoms with van der Waals surface area (Å²) in [6.07, 6.45) is 3.39. The molecule has 0 bridgehead atoms. The monoisotopic (exact) mass is 322 g/mol. The average Bonchev–Trinajstić information content (AvgIpc) is 2.39. The van der Waals surface area contributed by atoms with Crippen LogP contribution in [0.5, 0.6) is 0 Å². The second-order valence-electron chi connectivity index (χ2n) is 3.92. The smallest absolute Gasteiger partial charge is 0.270 e. The minimum absolute atomic E-state index is 0.0487. The number of aryl methyl sites for hydroxylation is 1. The van der Waals surface area contributed by atoms with E-state index in [0.717, 1.165) is 17.1 Å². The first-order chi connectivity index (χ1) is 9.06. The number of nitro benzene ring substituents is 1. The molecule has 0 saturated carbocycles. The molecular formula is C12H11BrN4O2. The Labute approximate surface area is 118 Å². The molecule has 0 atom stereocenters. The molecule has 1 N–H and O–H groups in total. The zero-order valence-electron chi connectivity index (χ0n) is 10.1. The van der Waals surface area contributed by atoms with Gasteiger partial charge in [-0.3, -0.25) is 20.1 Å². The summed E-state index contributed by atoms with van der Waals surface area (Å²) in [5, 5.41) is 13.8. The van der Waals surface area contributed by atoms with Gasteiger partial charge in [0, 0.05) is 28.5 Å². The van der Waals surface area contributed by atoms with Crippen molar-refractivity contribution in [2.24, 2.45) is 0 Å². The van der Waals surface area contributed by atoms with E-state index in [1.807, 2.05) is 6.92 Å². The van der Waals surface area contributed by atoms with Gasteiger partial charge in [-0.05, 0) is 28.9 Å². The second-order valence-corrected chi connectivity index (χ2v) is 4.78. The van der Waals surface area contributed by atoms with Crippen LogP contribution in [0, 0.1) is 17.0 Å².